The molecule has 2 aromatic carbocycles. The van der Waals surface area contributed by atoms with Gasteiger partial charge in [0, 0.05) is 42.3 Å². The zero-order valence-electron chi connectivity index (χ0n) is 20.2. The maximum absolute atomic E-state index is 15.4. The van der Waals surface area contributed by atoms with Gasteiger partial charge < -0.3 is 14.6 Å². The smallest absolute Gasteiger partial charge is 0.148 e. The number of fused-ring (bicyclic) bond motifs is 1. The molecule has 0 radical (unpaired) electrons. The standard InChI is InChI=1S/C27H30F4N2O3/c1-35-20-2-3-25-22(15-20)26(24(31)16-32-25)23(30)4-5-27(17-34)6-8-33(9-7-27)10-11-36-21-13-18(28)12-19(29)14-21/h2-3,12-16,23,34H,4-11,17H2,1H3/t23-/m0/s1. The van der Waals surface area contributed by atoms with Crippen molar-refractivity contribution in [3.63, 3.8) is 0 Å². The van der Waals surface area contributed by atoms with Crippen LogP contribution in [0.1, 0.15) is 37.4 Å². The zero-order valence-corrected chi connectivity index (χ0v) is 20.2. The Morgan fingerprint density at radius 3 is 2.44 bits per heavy atom. The molecule has 1 atom stereocenters. The third kappa shape index (κ3) is 6.07. The summed E-state index contributed by atoms with van der Waals surface area (Å²) in [7, 11) is 1.49. The molecule has 9 heteroatoms. The van der Waals surface area contributed by atoms with Crippen molar-refractivity contribution in [2.24, 2.45) is 5.41 Å². The van der Waals surface area contributed by atoms with Gasteiger partial charge in [0.05, 0.1) is 18.8 Å². The molecule has 1 N–H and O–H groups in total. The number of nitrogens with zero attached hydrogens (tertiary/aromatic N) is 2. The Bertz CT molecular complexity index is 1160. The van der Waals surface area contributed by atoms with Crippen LogP contribution in [0.5, 0.6) is 11.5 Å². The lowest BCUT2D eigenvalue weighted by atomic mass is 9.74. The summed E-state index contributed by atoms with van der Waals surface area (Å²) in [5, 5.41) is 10.5. The highest BCUT2D eigenvalue weighted by molar-refractivity contribution is 5.84. The predicted octanol–water partition coefficient (Wildman–Crippen LogP) is 5.61. The van der Waals surface area contributed by atoms with E-state index in [4.69, 9.17) is 9.47 Å². The highest BCUT2D eigenvalue weighted by atomic mass is 19.1. The predicted molar refractivity (Wildman–Crippen MR) is 128 cm³/mol. The van der Waals surface area contributed by atoms with Crippen LogP contribution in [0, 0.1) is 22.9 Å². The Labute approximate surface area is 207 Å². The van der Waals surface area contributed by atoms with E-state index in [9.17, 15) is 18.3 Å². The van der Waals surface area contributed by atoms with Crippen LogP contribution in [0.25, 0.3) is 10.9 Å². The van der Waals surface area contributed by atoms with Crippen LogP contribution in [0.2, 0.25) is 0 Å². The lowest BCUT2D eigenvalue weighted by molar-refractivity contribution is 0.0264. The molecule has 1 fully saturated rings. The number of halogens is 4. The first kappa shape index (κ1) is 26.2. The number of aliphatic hydroxyl groups is 1. The van der Waals surface area contributed by atoms with Crippen LogP contribution in [-0.4, -0.2) is 54.9 Å². The normalized spacial score (nSPS) is 16.7. The molecule has 4 rings (SSSR count). The first-order chi connectivity index (χ1) is 17.3. The fourth-order valence-electron chi connectivity index (χ4n) is 4.83. The number of pyridine rings is 1. The van der Waals surface area contributed by atoms with E-state index in [1.165, 1.54) is 7.11 Å². The molecule has 36 heavy (non-hydrogen) atoms. The van der Waals surface area contributed by atoms with Crippen molar-refractivity contribution < 1.29 is 32.1 Å². The van der Waals surface area contributed by atoms with Gasteiger partial charge >= 0.3 is 0 Å². The summed E-state index contributed by atoms with van der Waals surface area (Å²) in [5.74, 6) is -1.46. The van der Waals surface area contributed by atoms with Crippen molar-refractivity contribution in [2.45, 2.75) is 31.9 Å². The fraction of sp³-hybridized carbons (Fsp3) is 0.444. The van der Waals surface area contributed by atoms with Gasteiger partial charge in [-0.1, -0.05) is 0 Å². The van der Waals surface area contributed by atoms with Crippen LogP contribution in [0.15, 0.2) is 42.6 Å². The summed E-state index contributed by atoms with van der Waals surface area (Å²) < 4.78 is 67.3. The molecule has 0 unspecified atom stereocenters. The minimum Gasteiger partial charge on any atom is -0.497 e. The Morgan fingerprint density at radius 1 is 1.06 bits per heavy atom. The fourth-order valence-corrected chi connectivity index (χ4v) is 4.83. The van der Waals surface area contributed by atoms with Crippen molar-refractivity contribution in [1.29, 1.82) is 0 Å². The van der Waals surface area contributed by atoms with E-state index in [0.29, 0.717) is 55.5 Å². The molecular formula is C27H30F4N2O3. The number of piperidine rings is 1. The topological polar surface area (TPSA) is 54.8 Å². The number of likely N-dealkylation sites (tertiary alicyclic amines) is 1. The van der Waals surface area contributed by atoms with Gasteiger partial charge in [-0.25, -0.2) is 17.6 Å². The minimum atomic E-state index is -1.55. The first-order valence-corrected chi connectivity index (χ1v) is 12.0. The molecule has 1 aliphatic rings. The quantitative estimate of drug-likeness (QED) is 0.363. The van der Waals surface area contributed by atoms with Crippen LogP contribution in [0.4, 0.5) is 17.6 Å². The van der Waals surface area contributed by atoms with Crippen LogP contribution < -0.4 is 9.47 Å². The number of aromatic nitrogens is 1. The van der Waals surface area contributed by atoms with Crippen LogP contribution >= 0.6 is 0 Å². The number of hydrogen-bond acceptors (Lipinski definition) is 5. The molecule has 3 aromatic rings. The van der Waals surface area contributed by atoms with Gasteiger partial charge in [0.1, 0.15) is 41.7 Å². The molecule has 194 valence electrons. The molecule has 5 nitrogen and oxygen atoms in total. The van der Waals surface area contributed by atoms with Crippen molar-refractivity contribution in [2.75, 3.05) is 40.0 Å². The van der Waals surface area contributed by atoms with E-state index in [2.05, 4.69) is 9.88 Å². The summed E-state index contributed by atoms with van der Waals surface area (Å²) in [4.78, 5) is 6.19. The average Bonchev–Trinajstić information content (AvgIpc) is 2.87. The Morgan fingerprint density at radius 2 is 1.78 bits per heavy atom. The van der Waals surface area contributed by atoms with Crippen LogP contribution in [0.3, 0.4) is 0 Å². The maximum atomic E-state index is 15.4. The molecule has 0 bridgehead atoms. The van der Waals surface area contributed by atoms with Crippen molar-refractivity contribution in [3.05, 3.63) is 65.6 Å². The van der Waals surface area contributed by atoms with Gasteiger partial charge in [0.2, 0.25) is 0 Å². The molecule has 0 amide bonds. The van der Waals surface area contributed by atoms with E-state index >= 15 is 4.39 Å². The summed E-state index contributed by atoms with van der Waals surface area (Å²) >= 11 is 0. The van der Waals surface area contributed by atoms with Crippen LogP contribution in [-0.2, 0) is 0 Å². The number of rotatable bonds is 10. The highest BCUT2D eigenvalue weighted by Crippen LogP contribution is 2.40. The van der Waals surface area contributed by atoms with E-state index in [-0.39, 0.29) is 30.9 Å². The van der Waals surface area contributed by atoms with Gasteiger partial charge in [-0.15, -0.1) is 0 Å². The number of alkyl halides is 1. The number of methoxy groups -OCH3 is 1. The number of hydrogen-bond donors (Lipinski definition) is 1. The van der Waals surface area contributed by atoms with Gasteiger partial charge in [-0.2, -0.15) is 0 Å². The summed E-state index contributed by atoms with van der Waals surface area (Å²) in [6.07, 6.45) is 1.27. The summed E-state index contributed by atoms with van der Waals surface area (Å²) in [6, 6.07) is 8.01. The average molecular weight is 507 g/mol. The van der Waals surface area contributed by atoms with Crippen molar-refractivity contribution in [3.8, 4) is 11.5 Å². The lowest BCUT2D eigenvalue weighted by Crippen LogP contribution is -2.43. The molecule has 0 aliphatic carbocycles. The molecule has 2 heterocycles. The number of ether oxygens (including phenoxy) is 2. The summed E-state index contributed by atoms with van der Waals surface area (Å²) in [6.45, 7) is 2.07. The molecule has 1 saturated heterocycles. The number of benzene rings is 2. The van der Waals surface area contributed by atoms with Gasteiger partial charge in [-0.05, 0) is 62.4 Å². The van der Waals surface area contributed by atoms with E-state index in [1.54, 1.807) is 18.2 Å². The summed E-state index contributed by atoms with van der Waals surface area (Å²) in [5.41, 5.74) is 0.00304. The Balaban J connectivity index is 1.33. The minimum absolute atomic E-state index is 0.0321. The third-order valence-electron chi connectivity index (χ3n) is 7.07. The molecular weight excluding hydrogens is 476 g/mol. The largest absolute Gasteiger partial charge is 0.497 e. The highest BCUT2D eigenvalue weighted by Gasteiger charge is 2.35. The second-order valence-corrected chi connectivity index (χ2v) is 9.36. The molecule has 1 aliphatic heterocycles. The van der Waals surface area contributed by atoms with Gasteiger partial charge in [0.25, 0.3) is 0 Å². The molecule has 0 spiro atoms. The zero-order chi connectivity index (χ0) is 25.7. The van der Waals surface area contributed by atoms with E-state index < -0.39 is 29.0 Å². The second kappa shape index (κ2) is 11.4. The first-order valence-electron chi connectivity index (χ1n) is 12.0. The SMILES string of the molecule is COc1ccc2ncc(F)c([C@@H](F)CCC3(CO)CCN(CCOc4cc(F)cc(F)c4)CC3)c2c1. The Hall–Kier alpha value is -2.91. The molecule has 1 aromatic heterocycles. The van der Waals surface area contributed by atoms with E-state index in [1.807, 2.05) is 0 Å². The molecule has 0 saturated carbocycles. The number of aliphatic hydroxyl groups excluding tert-OH is 1. The maximum Gasteiger partial charge on any atom is 0.148 e. The van der Waals surface area contributed by atoms with Gasteiger partial charge in [-0.3, -0.25) is 9.88 Å². The third-order valence-corrected chi connectivity index (χ3v) is 7.07. The van der Waals surface area contributed by atoms with Crippen molar-refractivity contribution >= 4 is 10.9 Å². The van der Waals surface area contributed by atoms with Crippen molar-refractivity contribution in [1.82, 2.24) is 9.88 Å². The second-order valence-electron chi connectivity index (χ2n) is 9.36. The van der Waals surface area contributed by atoms with Gasteiger partial charge in [0.15, 0.2) is 0 Å². The lowest BCUT2D eigenvalue weighted by Gasteiger charge is -2.41. The monoisotopic (exact) mass is 506 g/mol. The Kier molecular flexibility index (Phi) is 8.31. The van der Waals surface area contributed by atoms with E-state index in [0.717, 1.165) is 24.4 Å².